The van der Waals surface area contributed by atoms with E-state index in [1.807, 2.05) is 36.5 Å². The number of nitriles is 1. The van der Waals surface area contributed by atoms with Gasteiger partial charge in [-0.15, -0.1) is 0 Å². The van der Waals surface area contributed by atoms with Gasteiger partial charge >= 0.3 is 0 Å². The predicted molar refractivity (Wildman–Crippen MR) is 136 cm³/mol. The number of aromatic nitrogens is 2. The van der Waals surface area contributed by atoms with Crippen molar-refractivity contribution >= 4 is 17.6 Å². The van der Waals surface area contributed by atoms with Crippen LogP contribution in [0.3, 0.4) is 0 Å². The molecule has 0 radical (unpaired) electrons. The molecule has 8 nitrogen and oxygen atoms in total. The van der Waals surface area contributed by atoms with Crippen molar-refractivity contribution in [3.05, 3.63) is 76.9 Å². The molecule has 1 aliphatic carbocycles. The average molecular weight is 481 g/mol. The molecule has 2 fully saturated rings. The lowest BCUT2D eigenvalue weighted by molar-refractivity contribution is -0.191. The Morgan fingerprint density at radius 2 is 2.11 bits per heavy atom. The Balaban J connectivity index is 1.17. The van der Waals surface area contributed by atoms with E-state index in [0.29, 0.717) is 11.0 Å². The Bertz CT molecular complexity index is 1340. The number of hydrogen-bond donors (Lipinski definition) is 2. The molecule has 1 aromatic carbocycles. The average Bonchev–Trinajstić information content (AvgIpc) is 2.85. The number of hydrogen-bond acceptors (Lipinski definition) is 8. The van der Waals surface area contributed by atoms with Crippen LogP contribution in [0, 0.1) is 22.2 Å². The summed E-state index contributed by atoms with van der Waals surface area (Å²) < 4.78 is 11.8. The number of nitrogens with one attached hydrogen (secondary N) is 2. The molecule has 2 N–H and O–H groups in total. The molecule has 1 atom stereocenters. The SMILES string of the molecule is N#Cc1cnc2c(c1)CCC[C@H]2Oc1ccc(C=N)c(Nc2ccnc(CN3CC4(COC4)C3)c2)c1. The van der Waals surface area contributed by atoms with Crippen LogP contribution in [0.2, 0.25) is 0 Å². The van der Waals surface area contributed by atoms with Crippen molar-refractivity contribution < 1.29 is 9.47 Å². The number of benzene rings is 1. The fourth-order valence-corrected chi connectivity index (χ4v) is 5.42. The van der Waals surface area contributed by atoms with E-state index in [2.05, 4.69) is 32.3 Å². The van der Waals surface area contributed by atoms with Gasteiger partial charge in [-0.1, -0.05) is 0 Å². The van der Waals surface area contributed by atoms with Crippen LogP contribution in [0.5, 0.6) is 5.75 Å². The summed E-state index contributed by atoms with van der Waals surface area (Å²) >= 11 is 0. The van der Waals surface area contributed by atoms with Gasteiger partial charge in [0.2, 0.25) is 0 Å². The first kappa shape index (κ1) is 22.7. The zero-order chi connectivity index (χ0) is 24.5. The number of fused-ring (bicyclic) bond motifs is 1. The molecule has 2 saturated heterocycles. The van der Waals surface area contributed by atoms with Crippen molar-refractivity contribution in [2.24, 2.45) is 5.41 Å². The standard InChI is InChI=1S/C28H28N6O2/c29-11-19-8-20-2-1-3-26(27(20)32-13-19)36-24-5-4-21(12-30)25(10-24)33-22-6-7-31-23(9-22)14-34-15-28(16-34)17-35-18-28/h4-10,12-13,26,30H,1-3,14-18H2,(H,31,33)/t26-/m1/s1. The lowest BCUT2D eigenvalue weighted by Gasteiger charge is -2.55. The van der Waals surface area contributed by atoms with E-state index >= 15 is 0 Å². The van der Waals surface area contributed by atoms with Crippen molar-refractivity contribution in [3.8, 4) is 11.8 Å². The van der Waals surface area contributed by atoms with E-state index in [9.17, 15) is 5.26 Å². The highest BCUT2D eigenvalue weighted by molar-refractivity contribution is 5.88. The summed E-state index contributed by atoms with van der Waals surface area (Å²) in [5, 5.41) is 20.5. The summed E-state index contributed by atoms with van der Waals surface area (Å²) in [5.74, 6) is 0.718. The quantitative estimate of drug-likeness (QED) is 0.483. The summed E-state index contributed by atoms with van der Waals surface area (Å²) in [6, 6.07) is 13.8. The fraction of sp³-hybridized carbons (Fsp3) is 0.357. The number of anilines is 2. The molecule has 0 bridgehead atoms. The zero-order valence-electron chi connectivity index (χ0n) is 20.0. The van der Waals surface area contributed by atoms with Crippen LogP contribution < -0.4 is 10.1 Å². The maximum Gasteiger partial charge on any atom is 0.141 e. The molecule has 36 heavy (non-hydrogen) atoms. The second-order valence-corrected chi connectivity index (χ2v) is 10.1. The van der Waals surface area contributed by atoms with Crippen LogP contribution in [-0.4, -0.2) is 47.4 Å². The monoisotopic (exact) mass is 480 g/mol. The topological polar surface area (TPSA) is 107 Å². The van der Waals surface area contributed by atoms with Crippen LogP contribution in [0.4, 0.5) is 11.4 Å². The van der Waals surface area contributed by atoms with E-state index in [1.165, 1.54) is 6.21 Å². The van der Waals surface area contributed by atoms with Gasteiger partial charge in [0.15, 0.2) is 0 Å². The Labute approximate surface area is 210 Å². The second kappa shape index (κ2) is 9.34. The third kappa shape index (κ3) is 4.43. The minimum absolute atomic E-state index is 0.159. The third-order valence-corrected chi connectivity index (χ3v) is 7.22. The number of rotatable bonds is 7. The second-order valence-electron chi connectivity index (χ2n) is 10.1. The maximum atomic E-state index is 9.19. The predicted octanol–water partition coefficient (Wildman–Crippen LogP) is 4.38. The molecular weight excluding hydrogens is 452 g/mol. The van der Waals surface area contributed by atoms with E-state index in [-0.39, 0.29) is 6.10 Å². The molecule has 3 aromatic rings. The summed E-state index contributed by atoms with van der Waals surface area (Å²) in [7, 11) is 0. The van der Waals surface area contributed by atoms with Crippen molar-refractivity contribution in [3.63, 3.8) is 0 Å². The van der Waals surface area contributed by atoms with Crippen LogP contribution >= 0.6 is 0 Å². The van der Waals surface area contributed by atoms with Crippen molar-refractivity contribution in [1.29, 1.82) is 10.7 Å². The van der Waals surface area contributed by atoms with E-state index < -0.39 is 0 Å². The molecule has 0 unspecified atom stereocenters. The van der Waals surface area contributed by atoms with Gasteiger partial charge in [-0.2, -0.15) is 5.26 Å². The summed E-state index contributed by atoms with van der Waals surface area (Å²) in [6.07, 6.45) is 7.40. The molecule has 8 heteroatoms. The molecular formula is C28H28N6O2. The molecule has 0 amide bonds. The first-order valence-electron chi connectivity index (χ1n) is 12.4. The summed E-state index contributed by atoms with van der Waals surface area (Å²) in [4.78, 5) is 11.5. The number of pyridine rings is 2. The first-order valence-corrected chi connectivity index (χ1v) is 12.4. The Kier molecular flexibility index (Phi) is 5.88. The van der Waals surface area contributed by atoms with Gasteiger partial charge in [0.25, 0.3) is 0 Å². The van der Waals surface area contributed by atoms with Gasteiger partial charge in [-0.05, 0) is 55.2 Å². The number of likely N-dealkylation sites (tertiary alicyclic amines) is 1. The van der Waals surface area contributed by atoms with Gasteiger partial charge in [0, 0.05) is 61.0 Å². The van der Waals surface area contributed by atoms with Crippen LogP contribution in [0.15, 0.2) is 48.8 Å². The Hall–Kier alpha value is -3.80. The third-order valence-electron chi connectivity index (χ3n) is 7.22. The smallest absolute Gasteiger partial charge is 0.141 e. The van der Waals surface area contributed by atoms with Gasteiger partial charge in [-0.3, -0.25) is 14.9 Å². The largest absolute Gasteiger partial charge is 0.484 e. The minimum atomic E-state index is -0.159. The van der Waals surface area contributed by atoms with E-state index in [0.717, 1.165) is 91.7 Å². The van der Waals surface area contributed by atoms with Crippen molar-refractivity contribution in [2.45, 2.75) is 31.9 Å². The normalized spacial score (nSPS) is 19.9. The van der Waals surface area contributed by atoms with Gasteiger partial charge in [0.05, 0.1) is 35.9 Å². The molecule has 182 valence electrons. The summed E-state index contributed by atoms with van der Waals surface area (Å²) in [5.41, 5.74) is 6.49. The van der Waals surface area contributed by atoms with Gasteiger partial charge in [-0.25, -0.2) is 0 Å². The maximum absolute atomic E-state index is 9.19. The fourth-order valence-electron chi connectivity index (χ4n) is 5.42. The van der Waals surface area contributed by atoms with Crippen LogP contribution in [-0.2, 0) is 17.7 Å². The zero-order valence-corrected chi connectivity index (χ0v) is 20.0. The van der Waals surface area contributed by atoms with Gasteiger partial charge < -0.3 is 20.2 Å². The lowest BCUT2D eigenvalue weighted by atomic mass is 9.78. The number of nitrogens with zero attached hydrogens (tertiary/aromatic N) is 4. The molecule has 2 aromatic heterocycles. The molecule has 1 spiro atoms. The number of ether oxygens (including phenoxy) is 2. The Morgan fingerprint density at radius 3 is 2.89 bits per heavy atom. The highest BCUT2D eigenvalue weighted by Crippen LogP contribution is 2.38. The first-order chi connectivity index (χ1) is 17.6. The molecule has 2 aliphatic heterocycles. The van der Waals surface area contributed by atoms with E-state index in [1.54, 1.807) is 6.20 Å². The van der Waals surface area contributed by atoms with Crippen molar-refractivity contribution in [2.75, 3.05) is 31.6 Å². The highest BCUT2D eigenvalue weighted by Gasteiger charge is 2.48. The summed E-state index contributed by atoms with van der Waals surface area (Å²) in [6.45, 7) is 4.72. The van der Waals surface area contributed by atoms with Crippen LogP contribution in [0.25, 0.3) is 0 Å². The molecule has 0 saturated carbocycles. The molecule has 6 rings (SSSR count). The molecule has 3 aliphatic rings. The van der Waals surface area contributed by atoms with E-state index in [4.69, 9.17) is 14.9 Å². The number of aryl methyl sites for hydroxylation is 1. The molecule has 4 heterocycles. The van der Waals surface area contributed by atoms with Crippen LogP contribution in [0.1, 0.15) is 47.0 Å². The lowest BCUT2D eigenvalue weighted by Crippen LogP contribution is -2.65. The minimum Gasteiger partial charge on any atom is -0.484 e. The van der Waals surface area contributed by atoms with Crippen molar-refractivity contribution in [1.82, 2.24) is 14.9 Å². The Morgan fingerprint density at radius 1 is 1.22 bits per heavy atom. The highest BCUT2D eigenvalue weighted by atomic mass is 16.5. The van der Waals surface area contributed by atoms with Gasteiger partial charge in [0.1, 0.15) is 17.9 Å².